The van der Waals surface area contributed by atoms with E-state index in [1.165, 1.54) is 0 Å². The van der Waals surface area contributed by atoms with E-state index in [4.69, 9.17) is 4.74 Å². The van der Waals surface area contributed by atoms with Crippen molar-refractivity contribution >= 4 is 11.8 Å². The van der Waals surface area contributed by atoms with Crippen LogP contribution in [-0.4, -0.2) is 31.5 Å². The molecule has 1 rings (SSSR count). The first-order chi connectivity index (χ1) is 9.59. The highest BCUT2D eigenvalue weighted by molar-refractivity contribution is 5.78. The second-order valence-electron chi connectivity index (χ2n) is 4.71. The van der Waals surface area contributed by atoms with E-state index in [1.54, 1.807) is 0 Å². The number of carbonyl (C=O) groups excluding carboxylic acids is 2. The van der Waals surface area contributed by atoms with Crippen LogP contribution in [0.25, 0.3) is 0 Å². The normalized spacial score (nSPS) is 10.2. The third-order valence-electron chi connectivity index (χ3n) is 2.61. The molecule has 0 heterocycles. The summed E-state index contributed by atoms with van der Waals surface area (Å²) < 4.78 is 5.42. The summed E-state index contributed by atoms with van der Waals surface area (Å²) in [4.78, 5) is 22.8. The highest BCUT2D eigenvalue weighted by Crippen LogP contribution is 2.08. The minimum absolute atomic E-state index is 0.00772. The number of amides is 2. The van der Waals surface area contributed by atoms with Crippen molar-refractivity contribution in [2.45, 2.75) is 20.3 Å². The fraction of sp³-hybridized carbons (Fsp3) is 0.467. The molecule has 2 amide bonds. The van der Waals surface area contributed by atoms with Crippen molar-refractivity contribution in [3.63, 3.8) is 0 Å². The third kappa shape index (κ3) is 6.78. The molecule has 5 nitrogen and oxygen atoms in total. The minimum atomic E-state index is -0.0836. The predicted molar refractivity (Wildman–Crippen MR) is 77.4 cm³/mol. The first kappa shape index (κ1) is 16.0. The standard InChI is InChI=1S/C15H22N2O3/c1-12(2)15(19)17-10-9-16-14(18)8-11-20-13-6-4-3-5-7-13/h3-7,12H,8-11H2,1-2H3,(H,16,18)(H,17,19). The molecule has 1 aromatic carbocycles. The van der Waals surface area contributed by atoms with E-state index < -0.39 is 0 Å². The summed E-state index contributed by atoms with van der Waals surface area (Å²) in [6, 6.07) is 9.36. The predicted octanol–water partition coefficient (Wildman–Crippen LogP) is 1.34. The molecular weight excluding hydrogens is 256 g/mol. The van der Waals surface area contributed by atoms with Crippen molar-refractivity contribution in [1.29, 1.82) is 0 Å². The van der Waals surface area contributed by atoms with Crippen LogP contribution in [0, 0.1) is 5.92 Å². The summed E-state index contributed by atoms with van der Waals surface area (Å²) in [5.41, 5.74) is 0. The maximum absolute atomic E-state index is 11.5. The zero-order chi connectivity index (χ0) is 14.8. The number of hydrogen-bond acceptors (Lipinski definition) is 3. The minimum Gasteiger partial charge on any atom is -0.493 e. The Kier molecular flexibility index (Phi) is 7.17. The monoisotopic (exact) mass is 278 g/mol. The Morgan fingerprint density at radius 2 is 1.75 bits per heavy atom. The molecule has 2 N–H and O–H groups in total. The number of benzene rings is 1. The first-order valence-corrected chi connectivity index (χ1v) is 6.82. The molecule has 0 saturated heterocycles. The molecule has 0 aromatic heterocycles. The molecule has 20 heavy (non-hydrogen) atoms. The second kappa shape index (κ2) is 8.96. The topological polar surface area (TPSA) is 67.4 Å². The molecule has 0 unspecified atom stereocenters. The molecule has 1 aromatic rings. The van der Waals surface area contributed by atoms with Crippen LogP contribution in [0.5, 0.6) is 5.75 Å². The number of ether oxygens (including phenoxy) is 1. The van der Waals surface area contributed by atoms with E-state index in [0.29, 0.717) is 26.1 Å². The van der Waals surface area contributed by atoms with Crippen LogP contribution in [0.1, 0.15) is 20.3 Å². The van der Waals surface area contributed by atoms with E-state index in [9.17, 15) is 9.59 Å². The van der Waals surface area contributed by atoms with Crippen molar-refractivity contribution in [3.05, 3.63) is 30.3 Å². The molecule has 0 spiro atoms. The van der Waals surface area contributed by atoms with Gasteiger partial charge in [0.15, 0.2) is 0 Å². The van der Waals surface area contributed by atoms with Crippen molar-refractivity contribution in [2.24, 2.45) is 5.92 Å². The summed E-state index contributed by atoms with van der Waals surface area (Å²) in [5, 5.41) is 5.46. The summed E-state index contributed by atoms with van der Waals surface area (Å²) in [5.74, 6) is 0.626. The van der Waals surface area contributed by atoms with Crippen LogP contribution in [0.3, 0.4) is 0 Å². The molecule has 0 bridgehead atoms. The van der Waals surface area contributed by atoms with Crippen LogP contribution in [0.15, 0.2) is 30.3 Å². The van der Waals surface area contributed by atoms with Gasteiger partial charge in [-0.05, 0) is 12.1 Å². The number of carbonyl (C=O) groups is 2. The highest BCUT2D eigenvalue weighted by atomic mass is 16.5. The third-order valence-corrected chi connectivity index (χ3v) is 2.61. The van der Waals surface area contributed by atoms with E-state index in [1.807, 2.05) is 44.2 Å². The lowest BCUT2D eigenvalue weighted by Crippen LogP contribution is -2.36. The Labute approximate surface area is 119 Å². The van der Waals surface area contributed by atoms with E-state index >= 15 is 0 Å². The Morgan fingerprint density at radius 3 is 2.40 bits per heavy atom. The van der Waals surface area contributed by atoms with Gasteiger partial charge in [-0.1, -0.05) is 32.0 Å². The van der Waals surface area contributed by atoms with Gasteiger partial charge in [-0.3, -0.25) is 9.59 Å². The molecule has 110 valence electrons. The van der Waals surface area contributed by atoms with Gasteiger partial charge in [0, 0.05) is 19.0 Å². The summed E-state index contributed by atoms with van der Waals surface area (Å²) in [6.07, 6.45) is 0.299. The summed E-state index contributed by atoms with van der Waals surface area (Å²) in [6.45, 7) is 4.88. The Balaban J connectivity index is 2.05. The second-order valence-corrected chi connectivity index (χ2v) is 4.71. The van der Waals surface area contributed by atoms with Gasteiger partial charge >= 0.3 is 0 Å². The lowest BCUT2D eigenvalue weighted by atomic mass is 10.2. The van der Waals surface area contributed by atoms with Crippen LogP contribution < -0.4 is 15.4 Å². The summed E-state index contributed by atoms with van der Waals surface area (Å²) >= 11 is 0. The quantitative estimate of drug-likeness (QED) is 0.705. The van der Waals surface area contributed by atoms with Crippen molar-refractivity contribution in [1.82, 2.24) is 10.6 Å². The van der Waals surface area contributed by atoms with Gasteiger partial charge in [0.1, 0.15) is 5.75 Å². The van der Waals surface area contributed by atoms with Crippen molar-refractivity contribution in [3.8, 4) is 5.75 Å². The number of hydrogen-bond donors (Lipinski definition) is 2. The lowest BCUT2D eigenvalue weighted by molar-refractivity contribution is -0.124. The fourth-order valence-electron chi connectivity index (χ4n) is 1.46. The largest absolute Gasteiger partial charge is 0.493 e. The molecule has 0 aliphatic heterocycles. The van der Waals surface area contributed by atoms with Crippen molar-refractivity contribution in [2.75, 3.05) is 19.7 Å². The summed E-state index contributed by atoms with van der Waals surface area (Å²) in [7, 11) is 0. The Bertz CT molecular complexity index is 418. The molecule has 5 heteroatoms. The average molecular weight is 278 g/mol. The zero-order valence-corrected chi connectivity index (χ0v) is 12.0. The smallest absolute Gasteiger partial charge is 0.223 e. The van der Waals surface area contributed by atoms with Crippen LogP contribution in [0.2, 0.25) is 0 Å². The van der Waals surface area contributed by atoms with Gasteiger partial charge in [-0.15, -0.1) is 0 Å². The molecule has 0 atom stereocenters. The number of rotatable bonds is 8. The molecule has 0 aliphatic carbocycles. The van der Waals surface area contributed by atoms with Gasteiger partial charge in [0.25, 0.3) is 0 Å². The SMILES string of the molecule is CC(C)C(=O)NCCNC(=O)CCOc1ccccc1. The molecule has 0 fully saturated rings. The van der Waals surface area contributed by atoms with Crippen LogP contribution >= 0.6 is 0 Å². The molecule has 0 aliphatic rings. The molecular formula is C15H22N2O3. The van der Waals surface area contributed by atoms with E-state index in [2.05, 4.69) is 10.6 Å². The average Bonchev–Trinajstić information content (AvgIpc) is 2.44. The molecule has 0 radical (unpaired) electrons. The van der Waals surface area contributed by atoms with E-state index in [0.717, 1.165) is 5.75 Å². The maximum Gasteiger partial charge on any atom is 0.223 e. The van der Waals surface area contributed by atoms with Gasteiger partial charge < -0.3 is 15.4 Å². The first-order valence-electron chi connectivity index (χ1n) is 6.82. The van der Waals surface area contributed by atoms with Gasteiger partial charge in [0.05, 0.1) is 13.0 Å². The zero-order valence-electron chi connectivity index (χ0n) is 12.0. The molecule has 0 saturated carbocycles. The van der Waals surface area contributed by atoms with Gasteiger partial charge in [-0.2, -0.15) is 0 Å². The maximum atomic E-state index is 11.5. The number of para-hydroxylation sites is 1. The highest BCUT2D eigenvalue weighted by Gasteiger charge is 2.05. The Morgan fingerprint density at radius 1 is 1.10 bits per heavy atom. The number of nitrogens with one attached hydrogen (secondary N) is 2. The van der Waals surface area contributed by atoms with Crippen LogP contribution in [-0.2, 0) is 9.59 Å². The lowest BCUT2D eigenvalue weighted by Gasteiger charge is -2.09. The van der Waals surface area contributed by atoms with Gasteiger partial charge in [-0.25, -0.2) is 0 Å². The van der Waals surface area contributed by atoms with Crippen LogP contribution in [0.4, 0.5) is 0 Å². The van der Waals surface area contributed by atoms with Crippen molar-refractivity contribution < 1.29 is 14.3 Å². The fourth-order valence-corrected chi connectivity index (χ4v) is 1.46. The van der Waals surface area contributed by atoms with E-state index in [-0.39, 0.29) is 17.7 Å². The Hall–Kier alpha value is -2.04. The van der Waals surface area contributed by atoms with Gasteiger partial charge in [0.2, 0.25) is 11.8 Å².